The van der Waals surface area contributed by atoms with E-state index < -0.39 is 0 Å². The normalized spacial score (nSPS) is 22.0. The largest absolute Gasteiger partial charge is 0.371 e. The fraction of sp³-hybridized carbons (Fsp3) is 0.611. The van der Waals surface area contributed by atoms with E-state index in [2.05, 4.69) is 24.3 Å². The number of ether oxygens (including phenoxy) is 1. The summed E-state index contributed by atoms with van der Waals surface area (Å²) in [6.45, 7) is 1.38. The third-order valence-corrected chi connectivity index (χ3v) is 4.88. The van der Waals surface area contributed by atoms with Gasteiger partial charge >= 0.3 is 0 Å². The van der Waals surface area contributed by atoms with Crippen molar-refractivity contribution in [2.75, 3.05) is 13.6 Å². The Kier molecular flexibility index (Phi) is 4.59. The lowest BCUT2D eigenvalue weighted by atomic mass is 9.98. The lowest BCUT2D eigenvalue weighted by Gasteiger charge is -2.29. The highest BCUT2D eigenvalue weighted by Crippen LogP contribution is 2.28. The highest BCUT2D eigenvalue weighted by atomic mass is 16.5. The number of nitrogens with zero attached hydrogens (tertiary/aromatic N) is 1. The van der Waals surface area contributed by atoms with Crippen molar-refractivity contribution < 1.29 is 9.53 Å². The van der Waals surface area contributed by atoms with E-state index >= 15 is 0 Å². The minimum atomic E-state index is 0.137. The lowest BCUT2D eigenvalue weighted by Crippen LogP contribution is -2.38. The highest BCUT2D eigenvalue weighted by Gasteiger charge is 2.24. The van der Waals surface area contributed by atoms with E-state index in [1.54, 1.807) is 0 Å². The number of rotatable bonds is 4. The Hall–Kier alpha value is -1.35. The summed E-state index contributed by atoms with van der Waals surface area (Å²) in [6.07, 6.45) is 6.82. The lowest BCUT2D eigenvalue weighted by molar-refractivity contribution is -0.133. The van der Waals surface area contributed by atoms with E-state index in [-0.39, 0.29) is 12.0 Å². The molecule has 3 heteroatoms. The maximum absolute atomic E-state index is 12.3. The average molecular weight is 287 g/mol. The topological polar surface area (TPSA) is 29.5 Å². The fourth-order valence-corrected chi connectivity index (χ4v) is 3.55. The molecule has 1 atom stereocenters. The van der Waals surface area contributed by atoms with Crippen molar-refractivity contribution in [1.82, 2.24) is 4.90 Å². The Morgan fingerprint density at radius 3 is 2.71 bits per heavy atom. The van der Waals surface area contributed by atoms with Crippen molar-refractivity contribution in [2.45, 2.75) is 51.2 Å². The molecule has 1 saturated carbocycles. The van der Waals surface area contributed by atoms with Gasteiger partial charge in [-0.2, -0.15) is 0 Å². The molecular formula is C18H25NO2. The molecule has 3 nitrogen and oxygen atoms in total. The van der Waals surface area contributed by atoms with Gasteiger partial charge in [-0.3, -0.25) is 4.79 Å². The standard InChI is InChI=1S/C18H25NO2/c1-19(18(20)10-14-6-2-3-7-14)12-17-11-15-8-4-5-9-16(15)13-21-17/h4-5,8-9,14,17H,2-3,6-7,10-13H2,1H3. The van der Waals surface area contributed by atoms with Gasteiger partial charge in [0.1, 0.15) is 0 Å². The first-order chi connectivity index (χ1) is 10.2. The van der Waals surface area contributed by atoms with Crippen molar-refractivity contribution in [3.8, 4) is 0 Å². The highest BCUT2D eigenvalue weighted by molar-refractivity contribution is 5.76. The Morgan fingerprint density at radius 1 is 1.24 bits per heavy atom. The van der Waals surface area contributed by atoms with Crippen molar-refractivity contribution in [1.29, 1.82) is 0 Å². The Balaban J connectivity index is 1.51. The number of amides is 1. The van der Waals surface area contributed by atoms with Crippen LogP contribution in [0.15, 0.2) is 24.3 Å². The van der Waals surface area contributed by atoms with Crippen LogP contribution in [0.25, 0.3) is 0 Å². The summed E-state index contributed by atoms with van der Waals surface area (Å²) in [6, 6.07) is 8.43. The number of hydrogen-bond acceptors (Lipinski definition) is 2. The van der Waals surface area contributed by atoms with E-state index in [9.17, 15) is 4.79 Å². The van der Waals surface area contributed by atoms with Gasteiger partial charge in [-0.25, -0.2) is 0 Å². The molecule has 0 bridgehead atoms. The van der Waals surface area contributed by atoms with Crippen LogP contribution in [0.1, 0.15) is 43.2 Å². The van der Waals surface area contributed by atoms with Gasteiger partial charge in [-0.1, -0.05) is 37.1 Å². The van der Waals surface area contributed by atoms with Gasteiger partial charge in [0.2, 0.25) is 5.91 Å². The zero-order valence-corrected chi connectivity index (χ0v) is 12.9. The van der Waals surface area contributed by atoms with E-state index in [4.69, 9.17) is 4.74 Å². The molecule has 114 valence electrons. The number of benzene rings is 1. The minimum Gasteiger partial charge on any atom is -0.371 e. The second kappa shape index (κ2) is 6.61. The van der Waals surface area contributed by atoms with Crippen molar-refractivity contribution in [2.24, 2.45) is 5.92 Å². The summed E-state index contributed by atoms with van der Waals surface area (Å²) in [7, 11) is 1.92. The molecule has 1 aliphatic heterocycles. The molecule has 0 spiro atoms. The number of hydrogen-bond donors (Lipinski definition) is 0. The zero-order valence-electron chi connectivity index (χ0n) is 12.9. The van der Waals surface area contributed by atoms with Gasteiger partial charge in [0, 0.05) is 26.4 Å². The van der Waals surface area contributed by atoms with Crippen LogP contribution in [-0.2, 0) is 22.6 Å². The number of carbonyl (C=O) groups is 1. The molecule has 0 aromatic heterocycles. The molecule has 2 aliphatic rings. The summed E-state index contributed by atoms with van der Waals surface area (Å²) in [4.78, 5) is 14.2. The SMILES string of the molecule is CN(CC1Cc2ccccc2CO1)C(=O)CC1CCCC1. The first kappa shape index (κ1) is 14.6. The fourth-order valence-electron chi connectivity index (χ4n) is 3.55. The van der Waals surface area contributed by atoms with Gasteiger partial charge in [-0.05, 0) is 29.9 Å². The van der Waals surface area contributed by atoms with Gasteiger partial charge in [0.25, 0.3) is 0 Å². The molecule has 1 heterocycles. The van der Waals surface area contributed by atoms with Gasteiger partial charge in [0.05, 0.1) is 12.7 Å². The molecule has 0 N–H and O–H groups in total. The van der Waals surface area contributed by atoms with Crippen molar-refractivity contribution in [3.63, 3.8) is 0 Å². The van der Waals surface area contributed by atoms with Crippen LogP contribution < -0.4 is 0 Å². The summed E-state index contributed by atoms with van der Waals surface area (Å²) < 4.78 is 5.90. The van der Waals surface area contributed by atoms with Crippen molar-refractivity contribution in [3.05, 3.63) is 35.4 Å². The summed E-state index contributed by atoms with van der Waals surface area (Å²) >= 11 is 0. The van der Waals surface area contributed by atoms with Gasteiger partial charge < -0.3 is 9.64 Å². The molecule has 0 radical (unpaired) electrons. The van der Waals surface area contributed by atoms with Crippen LogP contribution in [0, 0.1) is 5.92 Å². The second-order valence-corrected chi connectivity index (χ2v) is 6.53. The van der Waals surface area contributed by atoms with Crippen LogP contribution in [0.5, 0.6) is 0 Å². The maximum atomic E-state index is 12.3. The third kappa shape index (κ3) is 3.65. The molecule has 1 aliphatic carbocycles. The van der Waals surface area contributed by atoms with Crippen LogP contribution >= 0.6 is 0 Å². The predicted molar refractivity (Wildman–Crippen MR) is 82.9 cm³/mol. The summed E-state index contributed by atoms with van der Waals surface area (Å²) in [5.74, 6) is 0.900. The molecule has 1 amide bonds. The minimum absolute atomic E-state index is 0.137. The molecule has 0 saturated heterocycles. The molecule has 1 unspecified atom stereocenters. The first-order valence-electron chi connectivity index (χ1n) is 8.14. The molecule has 21 heavy (non-hydrogen) atoms. The Morgan fingerprint density at radius 2 is 1.95 bits per heavy atom. The zero-order chi connectivity index (χ0) is 14.7. The molecule has 3 rings (SSSR count). The summed E-state index contributed by atoms with van der Waals surface area (Å²) in [5, 5.41) is 0. The molecule has 1 aromatic carbocycles. The first-order valence-corrected chi connectivity index (χ1v) is 8.14. The third-order valence-electron chi connectivity index (χ3n) is 4.88. The second-order valence-electron chi connectivity index (χ2n) is 6.53. The molecule has 1 fully saturated rings. The van der Waals surface area contributed by atoms with Crippen LogP contribution in [0.2, 0.25) is 0 Å². The van der Waals surface area contributed by atoms with Gasteiger partial charge in [-0.15, -0.1) is 0 Å². The van der Waals surface area contributed by atoms with Gasteiger partial charge in [0.15, 0.2) is 0 Å². The number of likely N-dealkylation sites (N-methyl/N-ethyl adjacent to an activating group) is 1. The quantitative estimate of drug-likeness (QED) is 0.851. The monoisotopic (exact) mass is 287 g/mol. The van der Waals surface area contributed by atoms with Crippen molar-refractivity contribution >= 4 is 5.91 Å². The van der Waals surface area contributed by atoms with Crippen LogP contribution in [0.4, 0.5) is 0 Å². The molecule has 1 aromatic rings. The Labute approximate surface area is 127 Å². The average Bonchev–Trinajstić information content (AvgIpc) is 3.00. The van der Waals surface area contributed by atoms with Crippen LogP contribution in [-0.4, -0.2) is 30.5 Å². The van der Waals surface area contributed by atoms with E-state index in [1.165, 1.54) is 36.8 Å². The Bertz CT molecular complexity index is 494. The van der Waals surface area contributed by atoms with E-state index in [0.29, 0.717) is 19.1 Å². The van der Waals surface area contributed by atoms with E-state index in [1.807, 2.05) is 11.9 Å². The van der Waals surface area contributed by atoms with E-state index in [0.717, 1.165) is 12.8 Å². The predicted octanol–water partition coefficient (Wildman–Crippen LogP) is 3.17. The smallest absolute Gasteiger partial charge is 0.222 e. The maximum Gasteiger partial charge on any atom is 0.222 e. The van der Waals surface area contributed by atoms with Crippen LogP contribution in [0.3, 0.4) is 0 Å². The number of fused-ring (bicyclic) bond motifs is 1. The number of carbonyl (C=O) groups excluding carboxylic acids is 1. The molecular weight excluding hydrogens is 262 g/mol. The summed E-state index contributed by atoms with van der Waals surface area (Å²) in [5.41, 5.74) is 2.65.